The van der Waals surface area contributed by atoms with E-state index >= 15 is 0 Å². The van der Waals surface area contributed by atoms with E-state index in [1.54, 1.807) is 0 Å². The van der Waals surface area contributed by atoms with E-state index in [9.17, 15) is 0 Å². The van der Waals surface area contributed by atoms with Crippen molar-refractivity contribution in [3.63, 3.8) is 0 Å². The molecule has 3 atom stereocenters. The van der Waals surface area contributed by atoms with Gasteiger partial charge in [-0.3, -0.25) is 0 Å². The summed E-state index contributed by atoms with van der Waals surface area (Å²) in [5, 5.41) is 6.50. The van der Waals surface area contributed by atoms with Gasteiger partial charge < -0.3 is 10.2 Å². The van der Waals surface area contributed by atoms with Crippen LogP contribution in [0.5, 0.6) is 0 Å². The molecule has 134 valence electrons. The van der Waals surface area contributed by atoms with E-state index < -0.39 is 0 Å². The first-order chi connectivity index (χ1) is 12.9. The highest BCUT2D eigenvalue weighted by molar-refractivity contribution is 6.04. The van der Waals surface area contributed by atoms with Crippen LogP contribution in [0.4, 0.5) is 5.69 Å². The summed E-state index contributed by atoms with van der Waals surface area (Å²) in [7, 11) is 0. The summed E-state index contributed by atoms with van der Waals surface area (Å²) < 4.78 is 0. The van der Waals surface area contributed by atoms with Gasteiger partial charge in [0.1, 0.15) is 0 Å². The predicted molar refractivity (Wildman–Crippen MR) is 108 cm³/mol. The predicted octanol–water partition coefficient (Wildman–Crippen LogP) is 3.07. The Kier molecular flexibility index (Phi) is 4.25. The molecule has 2 aliphatic rings. The van der Waals surface area contributed by atoms with Crippen molar-refractivity contribution in [2.75, 3.05) is 25.0 Å². The van der Waals surface area contributed by atoms with Gasteiger partial charge in [0.25, 0.3) is 0 Å². The number of aromatic amines is 1. The van der Waals surface area contributed by atoms with Crippen LogP contribution < -0.4 is 15.2 Å². The Morgan fingerprint density at radius 1 is 0.846 bits per heavy atom. The Morgan fingerprint density at radius 2 is 1.54 bits per heavy atom. The van der Waals surface area contributed by atoms with E-state index in [4.69, 9.17) is 0 Å². The molecule has 0 saturated carbocycles. The normalized spacial score (nSPS) is 25.9. The molecular formula is C23H29N3+2. The Hall–Kier alpha value is -2.13. The summed E-state index contributed by atoms with van der Waals surface area (Å²) in [5.41, 5.74) is 3.72. The zero-order valence-electron chi connectivity index (χ0n) is 15.4. The van der Waals surface area contributed by atoms with Crippen molar-refractivity contribution in [2.24, 2.45) is 5.92 Å². The first-order valence-corrected chi connectivity index (χ1v) is 10.3. The highest BCUT2D eigenvalue weighted by Gasteiger charge is 2.36. The van der Waals surface area contributed by atoms with Gasteiger partial charge in [0.2, 0.25) is 11.0 Å². The van der Waals surface area contributed by atoms with Crippen molar-refractivity contribution >= 4 is 27.5 Å². The van der Waals surface area contributed by atoms with Crippen molar-refractivity contribution in [1.29, 1.82) is 0 Å². The summed E-state index contributed by atoms with van der Waals surface area (Å²) >= 11 is 0. The van der Waals surface area contributed by atoms with E-state index in [0.717, 1.165) is 18.5 Å². The zero-order valence-corrected chi connectivity index (χ0v) is 15.4. The van der Waals surface area contributed by atoms with Crippen LogP contribution in [0.1, 0.15) is 32.1 Å². The van der Waals surface area contributed by atoms with Gasteiger partial charge >= 0.3 is 0 Å². The number of benzene rings is 2. The van der Waals surface area contributed by atoms with E-state index in [0.29, 0.717) is 0 Å². The second-order valence-corrected chi connectivity index (χ2v) is 8.13. The van der Waals surface area contributed by atoms with Crippen LogP contribution in [0, 0.1) is 5.92 Å². The maximum Gasteiger partial charge on any atom is 0.213 e. The van der Waals surface area contributed by atoms with Gasteiger partial charge in [-0.2, -0.15) is 0 Å². The van der Waals surface area contributed by atoms with Crippen LogP contribution in [0.2, 0.25) is 0 Å². The number of H-pyrrole nitrogens is 1. The third-order valence-corrected chi connectivity index (χ3v) is 6.63. The van der Waals surface area contributed by atoms with Gasteiger partial charge in [0.05, 0.1) is 35.6 Å². The maximum absolute atomic E-state index is 3.90. The monoisotopic (exact) mass is 347 g/mol. The molecule has 0 radical (unpaired) electrons. The van der Waals surface area contributed by atoms with Crippen LogP contribution in [0.25, 0.3) is 21.8 Å². The van der Waals surface area contributed by atoms with Crippen molar-refractivity contribution in [1.82, 2.24) is 0 Å². The number of hydrogen-bond donors (Lipinski definition) is 2. The van der Waals surface area contributed by atoms with Crippen molar-refractivity contribution in [3.8, 4) is 0 Å². The van der Waals surface area contributed by atoms with Crippen molar-refractivity contribution in [2.45, 2.75) is 38.1 Å². The Morgan fingerprint density at radius 3 is 2.31 bits per heavy atom. The second-order valence-electron chi connectivity index (χ2n) is 8.13. The summed E-state index contributed by atoms with van der Waals surface area (Å²) in [4.78, 5) is 5.47. The zero-order chi connectivity index (χ0) is 17.3. The lowest BCUT2D eigenvalue weighted by molar-refractivity contribution is -0.939. The third-order valence-electron chi connectivity index (χ3n) is 6.63. The summed E-state index contributed by atoms with van der Waals surface area (Å²) in [5.74, 6) is 0.806. The molecule has 3 aromatic rings. The molecule has 2 aromatic carbocycles. The lowest BCUT2D eigenvalue weighted by atomic mass is 9.83. The fraction of sp³-hybridized carbons (Fsp3) is 0.435. The standard InChI is InChI=1S/C23H27N3/c1-3-11-20-18(9-1)23(19-10-2-4-12-21(19)25-20)24-16-17-8-7-15-26-14-6-5-13-22(17)26/h1-4,9-12,17,22H,5-8,13-16H2,(H,24,25)/p+2/t17-,22+/m1/s1. The van der Waals surface area contributed by atoms with Crippen molar-refractivity contribution in [3.05, 3.63) is 48.5 Å². The van der Waals surface area contributed by atoms with E-state index in [2.05, 4.69) is 58.8 Å². The molecule has 2 aliphatic heterocycles. The largest absolute Gasteiger partial charge is 0.383 e. The number of quaternary nitrogens is 1. The molecule has 2 saturated heterocycles. The molecule has 26 heavy (non-hydrogen) atoms. The summed E-state index contributed by atoms with van der Waals surface area (Å²) in [6, 6.07) is 18.2. The molecule has 0 spiro atoms. The number of pyridine rings is 1. The summed E-state index contributed by atoms with van der Waals surface area (Å²) in [6.45, 7) is 3.90. The fourth-order valence-electron chi connectivity index (χ4n) is 5.36. The SMILES string of the molecule is c1ccc2c(NC[C@H]3CCC[NH+]4CCCC[C@@H]34)c3ccccc3[nH+]c2c1. The molecule has 0 aliphatic carbocycles. The molecule has 3 heteroatoms. The van der Waals surface area contributed by atoms with E-state index in [-0.39, 0.29) is 0 Å². The number of anilines is 1. The number of hydrogen-bond acceptors (Lipinski definition) is 1. The molecular weight excluding hydrogens is 318 g/mol. The average Bonchev–Trinajstić information content (AvgIpc) is 2.71. The molecule has 3 heterocycles. The number of para-hydroxylation sites is 2. The molecule has 2 fully saturated rings. The Balaban J connectivity index is 1.48. The first-order valence-electron chi connectivity index (χ1n) is 10.3. The number of fused-ring (bicyclic) bond motifs is 3. The molecule has 3 nitrogen and oxygen atoms in total. The lowest BCUT2D eigenvalue weighted by Gasteiger charge is -2.41. The van der Waals surface area contributed by atoms with E-state index in [1.165, 1.54) is 72.7 Å². The first kappa shape index (κ1) is 16.1. The number of rotatable bonds is 3. The summed E-state index contributed by atoms with van der Waals surface area (Å²) in [6.07, 6.45) is 7.05. The molecule has 5 rings (SSSR count). The molecule has 0 amide bonds. The Labute approximate surface area is 155 Å². The lowest BCUT2D eigenvalue weighted by Crippen LogP contribution is -3.18. The number of aromatic nitrogens is 1. The number of piperidine rings is 2. The maximum atomic E-state index is 3.90. The highest BCUT2D eigenvalue weighted by Crippen LogP contribution is 2.29. The van der Waals surface area contributed by atoms with Gasteiger partial charge in [-0.25, -0.2) is 4.98 Å². The smallest absolute Gasteiger partial charge is 0.213 e. The molecule has 0 bridgehead atoms. The van der Waals surface area contributed by atoms with Crippen LogP contribution in [0.3, 0.4) is 0 Å². The van der Waals surface area contributed by atoms with Crippen LogP contribution in [0.15, 0.2) is 48.5 Å². The van der Waals surface area contributed by atoms with Gasteiger partial charge in [-0.05, 0) is 44.2 Å². The van der Waals surface area contributed by atoms with Crippen LogP contribution in [-0.4, -0.2) is 25.7 Å². The van der Waals surface area contributed by atoms with Crippen LogP contribution >= 0.6 is 0 Å². The van der Waals surface area contributed by atoms with Crippen LogP contribution in [-0.2, 0) is 0 Å². The topological polar surface area (TPSA) is 30.6 Å². The Bertz CT molecular complexity index is 864. The molecule has 1 aromatic heterocycles. The van der Waals surface area contributed by atoms with Gasteiger partial charge in [-0.1, -0.05) is 24.3 Å². The number of nitrogens with one attached hydrogen (secondary N) is 3. The minimum atomic E-state index is 0.806. The average molecular weight is 348 g/mol. The quantitative estimate of drug-likeness (QED) is 0.701. The van der Waals surface area contributed by atoms with Crippen molar-refractivity contribution < 1.29 is 9.88 Å². The minimum absolute atomic E-state index is 0.806. The second kappa shape index (κ2) is 6.88. The molecule has 3 N–H and O–H groups in total. The van der Waals surface area contributed by atoms with Gasteiger partial charge in [-0.15, -0.1) is 0 Å². The van der Waals surface area contributed by atoms with E-state index in [1.807, 2.05) is 4.90 Å². The highest BCUT2D eigenvalue weighted by atomic mass is 15.2. The molecule has 1 unspecified atom stereocenters. The minimum Gasteiger partial charge on any atom is -0.383 e. The van der Waals surface area contributed by atoms with Gasteiger partial charge in [0.15, 0.2) is 0 Å². The van der Waals surface area contributed by atoms with Gasteiger partial charge in [0, 0.05) is 24.6 Å². The third kappa shape index (κ3) is 2.84. The fourth-order valence-corrected chi connectivity index (χ4v) is 5.36.